The van der Waals surface area contributed by atoms with Crippen molar-refractivity contribution in [2.24, 2.45) is 0 Å². The molecule has 9 heteroatoms. The number of nitrogens with one attached hydrogen (secondary N) is 1. The highest BCUT2D eigenvalue weighted by molar-refractivity contribution is 9.10. The standard InChI is InChI=1S/C17H18BrNO6S/c1-23-14-8-12(9-15(24-2)17(14)25-3)19-16(20)10-26(21,22)13-6-4-11(18)5-7-13/h4-9H,10H2,1-3H3,(H,19,20). The summed E-state index contributed by atoms with van der Waals surface area (Å²) in [5.41, 5.74) is 0.329. The van der Waals surface area contributed by atoms with E-state index in [1.807, 2.05) is 0 Å². The Morgan fingerprint density at radius 1 is 1.00 bits per heavy atom. The van der Waals surface area contributed by atoms with Gasteiger partial charge in [-0.2, -0.15) is 0 Å². The fourth-order valence-corrected chi connectivity index (χ4v) is 3.65. The molecule has 140 valence electrons. The minimum absolute atomic E-state index is 0.0701. The van der Waals surface area contributed by atoms with Gasteiger partial charge in [-0.15, -0.1) is 0 Å². The molecule has 2 aromatic rings. The zero-order chi connectivity index (χ0) is 19.3. The first-order valence-corrected chi connectivity index (χ1v) is 9.83. The number of hydrogen-bond acceptors (Lipinski definition) is 6. The smallest absolute Gasteiger partial charge is 0.239 e. The molecule has 0 bridgehead atoms. The van der Waals surface area contributed by atoms with Crippen molar-refractivity contribution >= 4 is 37.4 Å². The molecule has 0 aliphatic carbocycles. The van der Waals surface area contributed by atoms with Gasteiger partial charge in [-0.25, -0.2) is 8.42 Å². The third-order valence-corrected chi connectivity index (χ3v) is 5.60. The van der Waals surface area contributed by atoms with E-state index in [9.17, 15) is 13.2 Å². The van der Waals surface area contributed by atoms with Crippen molar-refractivity contribution in [2.75, 3.05) is 32.4 Å². The van der Waals surface area contributed by atoms with Crippen LogP contribution in [0, 0.1) is 0 Å². The van der Waals surface area contributed by atoms with Gasteiger partial charge in [0.2, 0.25) is 11.7 Å². The van der Waals surface area contributed by atoms with Crippen LogP contribution in [-0.2, 0) is 14.6 Å². The fraction of sp³-hybridized carbons (Fsp3) is 0.235. The van der Waals surface area contributed by atoms with Crippen molar-refractivity contribution in [3.8, 4) is 17.2 Å². The second-order valence-electron chi connectivity index (χ2n) is 5.18. The Morgan fingerprint density at radius 3 is 2.00 bits per heavy atom. The van der Waals surface area contributed by atoms with Crippen LogP contribution in [0.4, 0.5) is 5.69 Å². The Balaban J connectivity index is 2.20. The number of carbonyl (C=O) groups excluding carboxylic acids is 1. The number of methoxy groups -OCH3 is 3. The molecule has 0 atom stereocenters. The quantitative estimate of drug-likeness (QED) is 0.707. The van der Waals surface area contributed by atoms with Crippen molar-refractivity contribution in [3.63, 3.8) is 0 Å². The molecule has 26 heavy (non-hydrogen) atoms. The largest absolute Gasteiger partial charge is 0.493 e. The number of ether oxygens (including phenoxy) is 3. The molecule has 0 saturated heterocycles. The first-order valence-electron chi connectivity index (χ1n) is 7.39. The van der Waals surface area contributed by atoms with Crippen molar-refractivity contribution in [1.29, 1.82) is 0 Å². The summed E-state index contributed by atoms with van der Waals surface area (Å²) in [4.78, 5) is 12.3. The van der Waals surface area contributed by atoms with E-state index in [-0.39, 0.29) is 4.90 Å². The summed E-state index contributed by atoms with van der Waals surface area (Å²) in [6, 6.07) is 9.11. The summed E-state index contributed by atoms with van der Waals surface area (Å²) >= 11 is 3.24. The van der Waals surface area contributed by atoms with Gasteiger partial charge in [0.1, 0.15) is 5.75 Å². The van der Waals surface area contributed by atoms with Gasteiger partial charge in [0, 0.05) is 22.3 Å². The minimum atomic E-state index is -3.76. The molecule has 0 spiro atoms. The van der Waals surface area contributed by atoms with Crippen LogP contribution < -0.4 is 19.5 Å². The second kappa shape index (κ2) is 8.41. The number of rotatable bonds is 7. The van der Waals surface area contributed by atoms with E-state index in [1.54, 1.807) is 12.1 Å². The summed E-state index contributed by atoms with van der Waals surface area (Å²) in [5.74, 6) is -0.306. The molecule has 0 saturated carbocycles. The first kappa shape index (κ1) is 20.1. The molecule has 1 N–H and O–H groups in total. The van der Waals surface area contributed by atoms with Crippen LogP contribution in [0.5, 0.6) is 17.2 Å². The highest BCUT2D eigenvalue weighted by Gasteiger charge is 2.21. The third-order valence-electron chi connectivity index (χ3n) is 3.44. The predicted molar refractivity (Wildman–Crippen MR) is 101 cm³/mol. The van der Waals surface area contributed by atoms with Gasteiger partial charge in [-0.05, 0) is 24.3 Å². The molecule has 0 aromatic heterocycles. The molecule has 0 unspecified atom stereocenters. The number of benzene rings is 2. The molecular weight excluding hydrogens is 426 g/mol. The van der Waals surface area contributed by atoms with E-state index in [1.165, 1.54) is 45.6 Å². The number of halogens is 1. The highest BCUT2D eigenvalue weighted by atomic mass is 79.9. The average Bonchev–Trinajstić information content (AvgIpc) is 2.60. The SMILES string of the molecule is COc1cc(NC(=O)CS(=O)(=O)c2ccc(Br)cc2)cc(OC)c1OC. The van der Waals surface area contributed by atoms with Crippen molar-refractivity contribution in [2.45, 2.75) is 4.90 Å². The van der Waals surface area contributed by atoms with Gasteiger partial charge >= 0.3 is 0 Å². The molecule has 1 amide bonds. The zero-order valence-corrected chi connectivity index (χ0v) is 16.8. The monoisotopic (exact) mass is 443 g/mol. The Kier molecular flexibility index (Phi) is 6.49. The number of hydrogen-bond donors (Lipinski definition) is 1. The molecule has 7 nitrogen and oxygen atoms in total. The van der Waals surface area contributed by atoms with Crippen LogP contribution in [0.1, 0.15) is 0 Å². The third kappa shape index (κ3) is 4.67. The molecule has 0 radical (unpaired) electrons. The highest BCUT2D eigenvalue weighted by Crippen LogP contribution is 2.39. The van der Waals surface area contributed by atoms with Crippen molar-refractivity contribution in [1.82, 2.24) is 0 Å². The van der Waals surface area contributed by atoms with Gasteiger partial charge in [0.15, 0.2) is 21.3 Å². The fourth-order valence-electron chi connectivity index (χ4n) is 2.25. The van der Waals surface area contributed by atoms with Crippen LogP contribution in [0.15, 0.2) is 45.8 Å². The normalized spacial score (nSPS) is 10.9. The minimum Gasteiger partial charge on any atom is -0.493 e. The van der Waals surface area contributed by atoms with E-state index in [4.69, 9.17) is 14.2 Å². The van der Waals surface area contributed by atoms with E-state index in [0.717, 1.165) is 4.47 Å². The summed E-state index contributed by atoms with van der Waals surface area (Å²) in [5, 5.41) is 2.54. The topological polar surface area (TPSA) is 90.9 Å². The molecular formula is C17H18BrNO6S. The summed E-state index contributed by atoms with van der Waals surface area (Å²) in [6.07, 6.45) is 0. The Morgan fingerprint density at radius 2 is 1.54 bits per heavy atom. The maximum atomic E-state index is 12.3. The summed E-state index contributed by atoms with van der Waals surface area (Å²) < 4.78 is 41.0. The van der Waals surface area contributed by atoms with Crippen LogP contribution in [0.3, 0.4) is 0 Å². The Bertz CT molecular complexity index is 871. The second-order valence-corrected chi connectivity index (χ2v) is 8.08. The molecule has 2 aromatic carbocycles. The van der Waals surface area contributed by atoms with Gasteiger partial charge in [0.05, 0.1) is 26.2 Å². The van der Waals surface area contributed by atoms with Crippen molar-refractivity contribution < 1.29 is 27.4 Å². The lowest BCUT2D eigenvalue weighted by molar-refractivity contribution is -0.113. The first-order chi connectivity index (χ1) is 12.3. The van der Waals surface area contributed by atoms with E-state index in [0.29, 0.717) is 22.9 Å². The molecule has 2 rings (SSSR count). The van der Waals surface area contributed by atoms with Gasteiger partial charge in [-0.3, -0.25) is 4.79 Å². The van der Waals surface area contributed by atoms with Gasteiger partial charge in [-0.1, -0.05) is 15.9 Å². The van der Waals surface area contributed by atoms with E-state index >= 15 is 0 Å². The number of anilines is 1. The number of carbonyl (C=O) groups is 1. The number of amides is 1. The lowest BCUT2D eigenvalue weighted by Gasteiger charge is -2.14. The summed E-state index contributed by atoms with van der Waals surface area (Å²) in [7, 11) is 0.592. The lowest BCUT2D eigenvalue weighted by atomic mass is 10.2. The van der Waals surface area contributed by atoms with Crippen LogP contribution in [0.2, 0.25) is 0 Å². The van der Waals surface area contributed by atoms with Crippen LogP contribution >= 0.6 is 15.9 Å². The maximum absolute atomic E-state index is 12.3. The Labute approximate surface area is 160 Å². The maximum Gasteiger partial charge on any atom is 0.239 e. The number of sulfone groups is 1. The van der Waals surface area contributed by atoms with E-state index in [2.05, 4.69) is 21.2 Å². The van der Waals surface area contributed by atoms with Crippen LogP contribution in [-0.4, -0.2) is 41.4 Å². The Hall–Kier alpha value is -2.26. The predicted octanol–water partition coefficient (Wildman–Crippen LogP) is 2.89. The van der Waals surface area contributed by atoms with Gasteiger partial charge < -0.3 is 19.5 Å². The average molecular weight is 444 g/mol. The molecule has 0 heterocycles. The van der Waals surface area contributed by atoms with Crippen LogP contribution in [0.25, 0.3) is 0 Å². The van der Waals surface area contributed by atoms with Crippen molar-refractivity contribution in [3.05, 3.63) is 40.9 Å². The lowest BCUT2D eigenvalue weighted by Crippen LogP contribution is -2.23. The molecule has 0 aliphatic heterocycles. The zero-order valence-electron chi connectivity index (χ0n) is 14.4. The molecule has 0 aliphatic rings. The molecule has 0 fully saturated rings. The summed E-state index contributed by atoms with van der Waals surface area (Å²) in [6.45, 7) is 0. The van der Waals surface area contributed by atoms with Gasteiger partial charge in [0.25, 0.3) is 0 Å². The van der Waals surface area contributed by atoms with E-state index < -0.39 is 21.5 Å².